The van der Waals surface area contributed by atoms with Crippen LogP contribution in [0.3, 0.4) is 0 Å². The zero-order valence-electron chi connectivity index (χ0n) is 13.2. The Morgan fingerprint density at radius 3 is 2.19 bits per heavy atom. The lowest BCUT2D eigenvalue weighted by Gasteiger charge is -2.14. The van der Waals surface area contributed by atoms with E-state index in [1.54, 1.807) is 12.1 Å². The predicted octanol–water partition coefficient (Wildman–Crippen LogP) is 4.14. The summed E-state index contributed by atoms with van der Waals surface area (Å²) in [5, 5.41) is 10.2. The molecule has 0 radical (unpaired) electrons. The van der Waals surface area contributed by atoms with E-state index >= 15 is 0 Å². The first-order valence-electron chi connectivity index (χ1n) is 7.25. The van der Waals surface area contributed by atoms with E-state index in [1.165, 1.54) is 6.07 Å². The van der Waals surface area contributed by atoms with E-state index in [1.807, 2.05) is 0 Å². The van der Waals surface area contributed by atoms with Crippen LogP contribution >= 0.6 is 0 Å². The second-order valence-electron chi connectivity index (χ2n) is 5.43. The van der Waals surface area contributed by atoms with Crippen LogP contribution in [0.25, 0.3) is 11.1 Å². The Kier molecular flexibility index (Phi) is 5.73. The summed E-state index contributed by atoms with van der Waals surface area (Å²) in [5.74, 6) is -3.72. The molecule has 1 aliphatic rings. The molecule has 1 aromatic carbocycles. The number of alkyl halides is 6. The summed E-state index contributed by atoms with van der Waals surface area (Å²) in [6, 6.07) is 4.84. The quantitative estimate of drug-likeness (QED) is 0.712. The van der Waals surface area contributed by atoms with Gasteiger partial charge in [-0.3, -0.25) is 4.98 Å². The maximum Gasteiger partial charge on any atom is 0.490 e. The normalized spacial score (nSPS) is 13.6. The molecule has 2 aromatic rings. The van der Waals surface area contributed by atoms with Gasteiger partial charge < -0.3 is 10.4 Å². The van der Waals surface area contributed by atoms with E-state index < -0.39 is 35.3 Å². The minimum atomic E-state index is -5.08. The van der Waals surface area contributed by atoms with E-state index in [-0.39, 0.29) is 5.56 Å². The number of rotatable bonds is 1. The highest BCUT2D eigenvalue weighted by Crippen LogP contribution is 2.38. The van der Waals surface area contributed by atoms with Gasteiger partial charge in [0.05, 0.1) is 11.8 Å². The van der Waals surface area contributed by atoms with E-state index in [4.69, 9.17) is 9.90 Å². The average molecular weight is 396 g/mol. The molecule has 3 rings (SSSR count). The van der Waals surface area contributed by atoms with Crippen molar-refractivity contribution in [1.82, 2.24) is 10.3 Å². The molecule has 1 aliphatic heterocycles. The second kappa shape index (κ2) is 7.51. The van der Waals surface area contributed by atoms with Crippen LogP contribution in [0, 0.1) is 5.82 Å². The third-order valence-corrected chi connectivity index (χ3v) is 3.57. The summed E-state index contributed by atoms with van der Waals surface area (Å²) >= 11 is 0. The molecule has 0 spiro atoms. The summed E-state index contributed by atoms with van der Waals surface area (Å²) in [5.41, 5.74) is 0.647. The number of fused-ring (bicyclic) bond motifs is 1. The van der Waals surface area contributed by atoms with Crippen molar-refractivity contribution in [2.75, 3.05) is 0 Å². The van der Waals surface area contributed by atoms with Crippen molar-refractivity contribution in [1.29, 1.82) is 0 Å². The van der Waals surface area contributed by atoms with Crippen LogP contribution in [0.2, 0.25) is 0 Å². The van der Waals surface area contributed by atoms with Gasteiger partial charge in [-0.25, -0.2) is 9.18 Å². The number of carboxylic acids is 1. The monoisotopic (exact) mass is 396 g/mol. The molecule has 11 heteroatoms. The summed E-state index contributed by atoms with van der Waals surface area (Å²) < 4.78 is 84.5. The predicted molar refractivity (Wildman–Crippen MR) is 78.9 cm³/mol. The topological polar surface area (TPSA) is 62.2 Å². The van der Waals surface area contributed by atoms with E-state index in [2.05, 4.69) is 10.3 Å². The molecule has 0 fully saturated rings. The number of aromatic nitrogens is 1. The van der Waals surface area contributed by atoms with Crippen molar-refractivity contribution in [2.24, 2.45) is 0 Å². The fourth-order valence-corrected chi connectivity index (χ4v) is 2.39. The molecule has 2 N–H and O–H groups in total. The van der Waals surface area contributed by atoms with Gasteiger partial charge in [0, 0.05) is 24.8 Å². The highest BCUT2D eigenvalue weighted by Gasteiger charge is 2.38. The largest absolute Gasteiger partial charge is 0.490 e. The fraction of sp³-hybridized carbons (Fsp3) is 0.250. The van der Waals surface area contributed by atoms with Gasteiger partial charge in [0.1, 0.15) is 5.82 Å². The van der Waals surface area contributed by atoms with Crippen molar-refractivity contribution in [2.45, 2.75) is 25.4 Å². The molecule has 0 atom stereocenters. The zero-order valence-corrected chi connectivity index (χ0v) is 13.2. The van der Waals surface area contributed by atoms with Crippen LogP contribution in [-0.2, 0) is 24.1 Å². The number of hydrogen-bond donors (Lipinski definition) is 2. The Hall–Kier alpha value is -2.69. The molecule has 0 amide bonds. The van der Waals surface area contributed by atoms with Gasteiger partial charge in [0.25, 0.3) is 0 Å². The number of nitrogens with one attached hydrogen (secondary N) is 1. The third-order valence-electron chi connectivity index (χ3n) is 3.57. The molecule has 0 aliphatic carbocycles. The highest BCUT2D eigenvalue weighted by atomic mass is 19.4. The van der Waals surface area contributed by atoms with E-state index in [0.717, 1.165) is 17.3 Å². The molecule has 0 unspecified atom stereocenters. The molecule has 146 valence electrons. The Morgan fingerprint density at radius 1 is 1.04 bits per heavy atom. The second-order valence-corrected chi connectivity index (χ2v) is 5.43. The summed E-state index contributed by atoms with van der Waals surface area (Å²) in [6.07, 6.45) is -8.26. The number of hydrogen-bond acceptors (Lipinski definition) is 3. The first kappa shape index (κ1) is 20.6. The Balaban J connectivity index is 0.000000321. The number of nitrogens with zero attached hydrogens (tertiary/aromatic N) is 1. The average Bonchev–Trinajstić information content (AvgIpc) is 3.01. The van der Waals surface area contributed by atoms with Gasteiger partial charge in [0.2, 0.25) is 0 Å². The van der Waals surface area contributed by atoms with Crippen LogP contribution < -0.4 is 5.32 Å². The highest BCUT2D eigenvalue weighted by molar-refractivity contribution is 5.73. The molecule has 0 bridgehead atoms. The lowest BCUT2D eigenvalue weighted by molar-refractivity contribution is -0.192. The molecule has 4 nitrogen and oxygen atoms in total. The Morgan fingerprint density at radius 2 is 1.63 bits per heavy atom. The van der Waals surface area contributed by atoms with Crippen LogP contribution in [0.1, 0.15) is 16.7 Å². The van der Waals surface area contributed by atoms with Crippen LogP contribution in [0.4, 0.5) is 30.7 Å². The van der Waals surface area contributed by atoms with Crippen molar-refractivity contribution in [3.63, 3.8) is 0 Å². The zero-order chi connectivity index (χ0) is 20.4. The standard InChI is InChI=1S/C14H10F4N2.C2HF3O2/c15-12-7-20-6-11(14(16,17)18)13(12)8-1-2-9-4-19-5-10(9)3-8;3-2(4,5)1(6)7/h1-3,6-7,19H,4-5H2;(H,6,7). The lowest BCUT2D eigenvalue weighted by Crippen LogP contribution is -2.21. The van der Waals surface area contributed by atoms with Crippen molar-refractivity contribution >= 4 is 5.97 Å². The maximum absolute atomic E-state index is 13.8. The number of carbonyl (C=O) groups is 1. The van der Waals surface area contributed by atoms with E-state index in [9.17, 15) is 30.7 Å². The smallest absolute Gasteiger partial charge is 0.475 e. The van der Waals surface area contributed by atoms with Gasteiger partial charge in [-0.1, -0.05) is 12.1 Å². The number of pyridine rings is 1. The maximum atomic E-state index is 13.8. The number of halogens is 7. The fourth-order valence-electron chi connectivity index (χ4n) is 2.39. The Bertz CT molecular complexity index is 848. The van der Waals surface area contributed by atoms with Gasteiger partial charge in [-0.2, -0.15) is 26.3 Å². The van der Waals surface area contributed by atoms with Crippen LogP contribution in [0.15, 0.2) is 30.6 Å². The van der Waals surface area contributed by atoms with Crippen molar-refractivity contribution in [3.05, 3.63) is 53.1 Å². The Labute approximate surface area is 147 Å². The minimum Gasteiger partial charge on any atom is -0.475 e. The molecule has 2 heterocycles. The third kappa shape index (κ3) is 4.94. The first-order chi connectivity index (χ1) is 12.4. The van der Waals surface area contributed by atoms with Crippen molar-refractivity contribution in [3.8, 4) is 11.1 Å². The first-order valence-corrected chi connectivity index (χ1v) is 7.25. The van der Waals surface area contributed by atoms with Gasteiger partial charge in [-0.15, -0.1) is 0 Å². The number of carboxylic acid groups (broad SMARTS) is 1. The molecule has 0 saturated heterocycles. The summed E-state index contributed by atoms with van der Waals surface area (Å²) in [7, 11) is 0. The van der Waals surface area contributed by atoms with E-state index in [0.29, 0.717) is 19.3 Å². The summed E-state index contributed by atoms with van der Waals surface area (Å²) in [6.45, 7) is 1.26. The molecular formula is C16H11F7N2O2. The van der Waals surface area contributed by atoms with Crippen LogP contribution in [-0.4, -0.2) is 22.2 Å². The van der Waals surface area contributed by atoms with Gasteiger partial charge >= 0.3 is 18.3 Å². The number of aliphatic carboxylic acids is 1. The molecular weight excluding hydrogens is 385 g/mol. The summed E-state index contributed by atoms with van der Waals surface area (Å²) in [4.78, 5) is 12.2. The molecule has 0 saturated carbocycles. The van der Waals surface area contributed by atoms with Gasteiger partial charge in [-0.05, 0) is 22.8 Å². The minimum absolute atomic E-state index is 0.222. The van der Waals surface area contributed by atoms with Crippen LogP contribution in [0.5, 0.6) is 0 Å². The van der Waals surface area contributed by atoms with Gasteiger partial charge in [0.15, 0.2) is 0 Å². The molecule has 27 heavy (non-hydrogen) atoms. The SMILES string of the molecule is Fc1cncc(C(F)(F)F)c1-c1ccc2c(c1)CNC2.O=C(O)C(F)(F)F. The molecule has 1 aromatic heterocycles. The lowest BCUT2D eigenvalue weighted by atomic mass is 9.97. The number of benzene rings is 1. The van der Waals surface area contributed by atoms with Crippen molar-refractivity contribution < 1.29 is 40.6 Å².